The van der Waals surface area contributed by atoms with E-state index in [9.17, 15) is 4.79 Å². The number of aryl methyl sites for hydroxylation is 1. The SMILES string of the molecule is Cc1ccc(NC(=O)C(Sc2nccs2)c2ccccc2)cc1Cl. The van der Waals surface area contributed by atoms with Gasteiger partial charge in [-0.25, -0.2) is 4.98 Å². The first-order valence-corrected chi connectivity index (χ1v) is 9.45. The van der Waals surface area contributed by atoms with Gasteiger partial charge < -0.3 is 5.32 Å². The lowest BCUT2D eigenvalue weighted by molar-refractivity contribution is -0.115. The van der Waals surface area contributed by atoms with Gasteiger partial charge in [-0.15, -0.1) is 11.3 Å². The number of thioether (sulfide) groups is 1. The van der Waals surface area contributed by atoms with Gasteiger partial charge in [0.1, 0.15) is 5.25 Å². The van der Waals surface area contributed by atoms with E-state index in [-0.39, 0.29) is 11.2 Å². The number of hydrogen-bond donors (Lipinski definition) is 1. The number of carbonyl (C=O) groups is 1. The number of nitrogens with zero attached hydrogens (tertiary/aromatic N) is 1. The van der Waals surface area contributed by atoms with Gasteiger partial charge in [0.15, 0.2) is 4.34 Å². The number of rotatable bonds is 5. The van der Waals surface area contributed by atoms with Crippen LogP contribution in [-0.4, -0.2) is 10.9 Å². The highest BCUT2D eigenvalue weighted by molar-refractivity contribution is 8.01. The highest BCUT2D eigenvalue weighted by Gasteiger charge is 2.23. The zero-order valence-corrected chi connectivity index (χ0v) is 15.3. The van der Waals surface area contributed by atoms with Gasteiger partial charge in [-0.3, -0.25) is 4.79 Å². The van der Waals surface area contributed by atoms with E-state index in [4.69, 9.17) is 11.6 Å². The van der Waals surface area contributed by atoms with E-state index in [0.29, 0.717) is 10.7 Å². The third-order valence-electron chi connectivity index (χ3n) is 3.41. The number of aromatic nitrogens is 1. The molecule has 24 heavy (non-hydrogen) atoms. The van der Waals surface area contributed by atoms with Gasteiger partial charge in [-0.1, -0.05) is 59.8 Å². The molecular formula is C18H15ClN2OS2. The number of thiazole rings is 1. The summed E-state index contributed by atoms with van der Waals surface area (Å²) in [5, 5.41) is 5.12. The van der Waals surface area contributed by atoms with E-state index in [0.717, 1.165) is 15.5 Å². The number of amides is 1. The average molecular weight is 375 g/mol. The molecule has 1 amide bonds. The van der Waals surface area contributed by atoms with Crippen molar-refractivity contribution < 1.29 is 4.79 Å². The highest BCUT2D eigenvalue weighted by atomic mass is 35.5. The van der Waals surface area contributed by atoms with E-state index in [2.05, 4.69) is 10.3 Å². The number of anilines is 1. The summed E-state index contributed by atoms with van der Waals surface area (Å²) in [6.45, 7) is 1.93. The molecule has 0 saturated heterocycles. The predicted molar refractivity (Wildman–Crippen MR) is 102 cm³/mol. The number of hydrogen-bond acceptors (Lipinski definition) is 4. The third-order valence-corrected chi connectivity index (χ3v) is 5.99. The quantitative estimate of drug-likeness (QED) is 0.593. The molecule has 0 fully saturated rings. The maximum absolute atomic E-state index is 12.8. The Hall–Kier alpha value is -1.82. The van der Waals surface area contributed by atoms with Crippen LogP contribution in [0.25, 0.3) is 0 Å². The van der Waals surface area contributed by atoms with Crippen LogP contribution in [0.15, 0.2) is 64.4 Å². The van der Waals surface area contributed by atoms with Crippen LogP contribution in [0.3, 0.4) is 0 Å². The van der Waals surface area contributed by atoms with Gasteiger partial charge in [0.25, 0.3) is 0 Å². The lowest BCUT2D eigenvalue weighted by Crippen LogP contribution is -2.19. The normalized spacial score (nSPS) is 11.9. The summed E-state index contributed by atoms with van der Waals surface area (Å²) in [6, 6.07) is 15.2. The topological polar surface area (TPSA) is 42.0 Å². The van der Waals surface area contributed by atoms with Crippen molar-refractivity contribution in [2.45, 2.75) is 16.5 Å². The molecule has 1 unspecified atom stereocenters. The molecule has 1 N–H and O–H groups in total. The Balaban J connectivity index is 1.84. The molecule has 0 bridgehead atoms. The van der Waals surface area contributed by atoms with E-state index < -0.39 is 0 Å². The van der Waals surface area contributed by atoms with Gasteiger partial charge in [0.2, 0.25) is 5.91 Å². The molecule has 0 aliphatic carbocycles. The summed E-state index contributed by atoms with van der Waals surface area (Å²) >= 11 is 9.11. The number of carbonyl (C=O) groups excluding carboxylic acids is 1. The smallest absolute Gasteiger partial charge is 0.242 e. The molecule has 2 aromatic carbocycles. The summed E-state index contributed by atoms with van der Waals surface area (Å²) in [5.41, 5.74) is 2.61. The minimum Gasteiger partial charge on any atom is -0.325 e. The average Bonchev–Trinajstić information content (AvgIpc) is 3.10. The van der Waals surface area contributed by atoms with Crippen molar-refractivity contribution in [2.24, 2.45) is 0 Å². The van der Waals surface area contributed by atoms with Crippen molar-refractivity contribution in [2.75, 3.05) is 5.32 Å². The van der Waals surface area contributed by atoms with Crippen LogP contribution in [0.2, 0.25) is 5.02 Å². The molecule has 3 nitrogen and oxygen atoms in total. The van der Waals surface area contributed by atoms with Gasteiger partial charge in [-0.2, -0.15) is 0 Å². The Morgan fingerprint density at radius 2 is 2.04 bits per heavy atom. The fraction of sp³-hybridized carbons (Fsp3) is 0.111. The second-order valence-corrected chi connectivity index (χ2v) is 7.81. The number of benzene rings is 2. The Kier molecular flexibility index (Phi) is 5.56. The summed E-state index contributed by atoms with van der Waals surface area (Å²) in [7, 11) is 0. The van der Waals surface area contributed by atoms with E-state index in [1.807, 2.05) is 54.8 Å². The molecule has 0 aliphatic rings. The maximum atomic E-state index is 12.8. The van der Waals surface area contributed by atoms with Crippen molar-refractivity contribution in [3.05, 3.63) is 76.3 Å². The molecule has 3 rings (SSSR count). The van der Waals surface area contributed by atoms with Gasteiger partial charge in [-0.05, 0) is 30.2 Å². The van der Waals surface area contributed by atoms with Gasteiger partial charge >= 0.3 is 0 Å². The molecule has 3 aromatic rings. The first kappa shape index (κ1) is 17.0. The van der Waals surface area contributed by atoms with Crippen LogP contribution >= 0.6 is 34.7 Å². The van der Waals surface area contributed by atoms with Crippen LogP contribution in [0.4, 0.5) is 5.69 Å². The zero-order valence-electron chi connectivity index (χ0n) is 12.9. The third kappa shape index (κ3) is 4.17. The summed E-state index contributed by atoms with van der Waals surface area (Å²) in [6.07, 6.45) is 1.74. The molecule has 1 atom stereocenters. The monoisotopic (exact) mass is 374 g/mol. The molecule has 0 radical (unpaired) electrons. The molecule has 122 valence electrons. The summed E-state index contributed by atoms with van der Waals surface area (Å²) < 4.78 is 0.862. The number of nitrogens with one attached hydrogen (secondary N) is 1. The second-order valence-electron chi connectivity index (χ2n) is 5.16. The van der Waals surface area contributed by atoms with Crippen LogP contribution in [0.1, 0.15) is 16.4 Å². The maximum Gasteiger partial charge on any atom is 0.242 e. The fourth-order valence-corrected chi connectivity index (χ4v) is 4.15. The van der Waals surface area contributed by atoms with E-state index >= 15 is 0 Å². The second kappa shape index (κ2) is 7.83. The van der Waals surface area contributed by atoms with Gasteiger partial charge in [0, 0.05) is 22.3 Å². The summed E-state index contributed by atoms with van der Waals surface area (Å²) in [5.74, 6) is -0.0960. The first-order chi connectivity index (χ1) is 11.6. The fourth-order valence-electron chi connectivity index (χ4n) is 2.15. The molecule has 1 aromatic heterocycles. The lowest BCUT2D eigenvalue weighted by Gasteiger charge is -2.16. The summed E-state index contributed by atoms with van der Waals surface area (Å²) in [4.78, 5) is 17.1. The largest absolute Gasteiger partial charge is 0.325 e. The Morgan fingerprint density at radius 1 is 1.25 bits per heavy atom. The van der Waals surface area contributed by atoms with Crippen LogP contribution in [0, 0.1) is 6.92 Å². The lowest BCUT2D eigenvalue weighted by atomic mass is 10.1. The van der Waals surface area contributed by atoms with Crippen molar-refractivity contribution in [3.63, 3.8) is 0 Å². The van der Waals surface area contributed by atoms with Crippen molar-refractivity contribution >= 4 is 46.3 Å². The molecule has 0 aliphatic heterocycles. The van der Waals surface area contributed by atoms with Crippen molar-refractivity contribution in [1.82, 2.24) is 4.98 Å². The molecule has 1 heterocycles. The molecule has 0 saturated carbocycles. The van der Waals surface area contributed by atoms with Crippen molar-refractivity contribution in [1.29, 1.82) is 0 Å². The minimum absolute atomic E-state index is 0.0960. The van der Waals surface area contributed by atoms with E-state index in [1.54, 1.807) is 12.3 Å². The van der Waals surface area contributed by atoms with Crippen molar-refractivity contribution in [3.8, 4) is 0 Å². The minimum atomic E-state index is -0.377. The van der Waals surface area contributed by atoms with Crippen LogP contribution in [0.5, 0.6) is 0 Å². The van der Waals surface area contributed by atoms with Crippen LogP contribution < -0.4 is 5.32 Å². The Morgan fingerprint density at radius 3 is 2.71 bits per heavy atom. The molecule has 6 heteroatoms. The highest BCUT2D eigenvalue weighted by Crippen LogP contribution is 2.37. The zero-order chi connectivity index (χ0) is 16.9. The first-order valence-electron chi connectivity index (χ1n) is 7.31. The number of halogens is 1. The van der Waals surface area contributed by atoms with Crippen LogP contribution in [-0.2, 0) is 4.79 Å². The Labute approximate surface area is 154 Å². The van der Waals surface area contributed by atoms with Gasteiger partial charge in [0.05, 0.1) is 0 Å². The Bertz CT molecular complexity index is 822. The molecule has 0 spiro atoms. The standard InChI is InChI=1S/C18H15ClN2OS2/c1-12-7-8-14(11-15(12)19)21-17(22)16(13-5-3-2-4-6-13)24-18-20-9-10-23-18/h2-11,16H,1H3,(H,21,22). The predicted octanol–water partition coefficient (Wildman–Crippen LogP) is 5.58. The molecular weight excluding hydrogens is 360 g/mol. The van der Waals surface area contributed by atoms with E-state index in [1.165, 1.54) is 23.1 Å².